The monoisotopic (exact) mass is 427 g/mol. The van der Waals surface area contributed by atoms with Gasteiger partial charge in [0, 0.05) is 50.5 Å². The fraction of sp³-hybridized carbons (Fsp3) is 0.435. The molecule has 6 nitrogen and oxygen atoms in total. The normalized spacial score (nSPS) is 18.1. The van der Waals surface area contributed by atoms with Crippen LogP contribution in [0.3, 0.4) is 0 Å². The summed E-state index contributed by atoms with van der Waals surface area (Å²) < 4.78 is 27.2. The second-order valence-electron chi connectivity index (χ2n) is 8.14. The number of rotatable bonds is 4. The van der Waals surface area contributed by atoms with E-state index in [4.69, 9.17) is 0 Å². The maximum atomic E-state index is 13.1. The first-order chi connectivity index (χ1) is 14.4. The van der Waals surface area contributed by atoms with Crippen LogP contribution in [0.4, 0.5) is 5.69 Å². The minimum Gasteiger partial charge on any atom is -0.368 e. The van der Waals surface area contributed by atoms with E-state index in [0.29, 0.717) is 31.7 Å². The summed E-state index contributed by atoms with van der Waals surface area (Å²) in [6.07, 6.45) is 1.78. The zero-order valence-corrected chi connectivity index (χ0v) is 18.5. The molecule has 2 aliphatic rings. The van der Waals surface area contributed by atoms with Crippen molar-refractivity contribution in [3.8, 4) is 0 Å². The van der Waals surface area contributed by atoms with Crippen molar-refractivity contribution in [3.63, 3.8) is 0 Å². The Bertz CT molecular complexity index is 1040. The van der Waals surface area contributed by atoms with Crippen molar-refractivity contribution in [2.45, 2.75) is 31.6 Å². The molecule has 0 bridgehead atoms. The number of benzene rings is 2. The lowest BCUT2D eigenvalue weighted by atomic mass is 10.1. The molecule has 0 spiro atoms. The van der Waals surface area contributed by atoms with Crippen LogP contribution in [0.5, 0.6) is 0 Å². The van der Waals surface area contributed by atoms with E-state index >= 15 is 0 Å². The smallest absolute Gasteiger partial charge is 0.254 e. The lowest BCUT2D eigenvalue weighted by Crippen LogP contribution is -2.49. The summed E-state index contributed by atoms with van der Waals surface area (Å²) in [6, 6.07) is 12.8. The van der Waals surface area contributed by atoms with Gasteiger partial charge in [-0.1, -0.05) is 18.2 Å². The fourth-order valence-electron chi connectivity index (χ4n) is 4.28. The lowest BCUT2D eigenvalue weighted by molar-refractivity contribution is 0.0746. The number of carbonyl (C=O) groups is 1. The number of amides is 1. The van der Waals surface area contributed by atoms with E-state index < -0.39 is 10.0 Å². The molecule has 0 aromatic heterocycles. The highest BCUT2D eigenvalue weighted by Gasteiger charge is 2.29. The molecule has 0 unspecified atom stereocenters. The summed E-state index contributed by atoms with van der Waals surface area (Å²) in [5, 5.41) is 0. The van der Waals surface area contributed by atoms with E-state index in [2.05, 4.69) is 36.9 Å². The maximum Gasteiger partial charge on any atom is 0.254 e. The van der Waals surface area contributed by atoms with Crippen molar-refractivity contribution < 1.29 is 13.2 Å². The Hall–Kier alpha value is -2.38. The Morgan fingerprint density at radius 1 is 0.867 bits per heavy atom. The molecular weight excluding hydrogens is 398 g/mol. The van der Waals surface area contributed by atoms with E-state index in [9.17, 15) is 13.2 Å². The molecule has 1 amide bonds. The molecule has 2 fully saturated rings. The first-order valence-electron chi connectivity index (χ1n) is 10.6. The molecule has 2 saturated heterocycles. The molecule has 160 valence electrons. The van der Waals surface area contributed by atoms with Gasteiger partial charge in [0.2, 0.25) is 10.0 Å². The van der Waals surface area contributed by atoms with E-state index in [1.54, 1.807) is 18.2 Å². The van der Waals surface area contributed by atoms with Crippen molar-refractivity contribution >= 4 is 21.6 Å². The molecule has 2 aliphatic heterocycles. The Morgan fingerprint density at radius 2 is 1.53 bits per heavy atom. The third-order valence-corrected chi connectivity index (χ3v) is 8.16. The highest BCUT2D eigenvalue weighted by molar-refractivity contribution is 7.89. The van der Waals surface area contributed by atoms with Crippen LogP contribution in [0.2, 0.25) is 0 Å². The van der Waals surface area contributed by atoms with Gasteiger partial charge in [-0.3, -0.25) is 4.79 Å². The molecule has 7 heteroatoms. The number of nitrogens with zero attached hydrogens (tertiary/aromatic N) is 3. The molecule has 30 heavy (non-hydrogen) atoms. The summed E-state index contributed by atoms with van der Waals surface area (Å²) in [7, 11) is -3.52. The molecule has 0 saturated carbocycles. The third kappa shape index (κ3) is 3.96. The van der Waals surface area contributed by atoms with Gasteiger partial charge in [0.1, 0.15) is 0 Å². The second kappa shape index (κ2) is 8.40. The highest BCUT2D eigenvalue weighted by Crippen LogP contribution is 2.25. The lowest BCUT2D eigenvalue weighted by Gasteiger charge is -2.37. The van der Waals surface area contributed by atoms with E-state index in [1.807, 2.05) is 4.90 Å². The highest BCUT2D eigenvalue weighted by atomic mass is 32.2. The van der Waals surface area contributed by atoms with Gasteiger partial charge in [-0.2, -0.15) is 4.31 Å². The summed E-state index contributed by atoms with van der Waals surface area (Å²) in [4.78, 5) is 17.4. The predicted octanol–water partition coefficient (Wildman–Crippen LogP) is 3.05. The number of carbonyl (C=O) groups excluding carboxylic acids is 1. The molecule has 0 aliphatic carbocycles. The van der Waals surface area contributed by atoms with Gasteiger partial charge < -0.3 is 9.80 Å². The van der Waals surface area contributed by atoms with E-state index in [-0.39, 0.29) is 10.8 Å². The third-order valence-electron chi connectivity index (χ3n) is 6.27. The Morgan fingerprint density at radius 3 is 2.23 bits per heavy atom. The van der Waals surface area contributed by atoms with Crippen LogP contribution in [0.15, 0.2) is 47.4 Å². The number of hydrogen-bond donors (Lipinski definition) is 0. The van der Waals surface area contributed by atoms with Crippen LogP contribution in [0.25, 0.3) is 0 Å². The predicted molar refractivity (Wildman–Crippen MR) is 118 cm³/mol. The SMILES string of the molecule is Cc1cccc(N2CCN(C(=O)c3cccc(S(=O)(=O)N4CCCC4)c3)CC2)c1C. The standard InChI is InChI=1S/C23H29N3O3S/c1-18-7-5-10-22(19(18)2)24-13-15-25(16-14-24)23(27)20-8-6-9-21(17-20)30(28,29)26-11-3-4-12-26/h5-10,17H,3-4,11-16H2,1-2H3. The maximum absolute atomic E-state index is 13.1. The minimum atomic E-state index is -3.52. The minimum absolute atomic E-state index is 0.103. The van der Waals surface area contributed by atoms with Gasteiger partial charge in [0.25, 0.3) is 5.91 Å². The molecule has 4 rings (SSSR count). The average Bonchev–Trinajstić information content (AvgIpc) is 3.31. The zero-order valence-electron chi connectivity index (χ0n) is 17.7. The van der Waals surface area contributed by atoms with Crippen molar-refractivity contribution in [2.75, 3.05) is 44.2 Å². The van der Waals surface area contributed by atoms with Gasteiger partial charge in [0.15, 0.2) is 0 Å². The number of aryl methyl sites for hydroxylation is 1. The van der Waals surface area contributed by atoms with E-state index in [1.165, 1.54) is 27.2 Å². The quantitative estimate of drug-likeness (QED) is 0.753. The molecule has 2 heterocycles. The topological polar surface area (TPSA) is 60.9 Å². The molecule has 0 N–H and O–H groups in total. The molecule has 0 radical (unpaired) electrons. The number of anilines is 1. The number of piperazine rings is 1. The molecule has 0 atom stereocenters. The summed E-state index contributed by atoms with van der Waals surface area (Å²) in [5.41, 5.74) is 4.20. The van der Waals surface area contributed by atoms with Crippen LogP contribution in [-0.4, -0.2) is 62.8 Å². The second-order valence-corrected chi connectivity index (χ2v) is 10.1. The van der Waals surface area contributed by atoms with Crippen LogP contribution >= 0.6 is 0 Å². The van der Waals surface area contributed by atoms with E-state index in [0.717, 1.165) is 25.9 Å². The van der Waals surface area contributed by atoms with Crippen molar-refractivity contribution in [2.24, 2.45) is 0 Å². The molecule has 2 aromatic carbocycles. The van der Waals surface area contributed by atoms with Gasteiger partial charge in [-0.25, -0.2) is 8.42 Å². The van der Waals surface area contributed by atoms with Crippen LogP contribution in [0.1, 0.15) is 34.3 Å². The van der Waals surface area contributed by atoms with Gasteiger partial charge in [-0.15, -0.1) is 0 Å². The van der Waals surface area contributed by atoms with Crippen molar-refractivity contribution in [3.05, 3.63) is 59.2 Å². The Kier molecular flexibility index (Phi) is 5.84. The van der Waals surface area contributed by atoms with Crippen LogP contribution in [0, 0.1) is 13.8 Å². The first-order valence-corrected chi connectivity index (χ1v) is 12.0. The largest absolute Gasteiger partial charge is 0.368 e. The Balaban J connectivity index is 1.46. The van der Waals surface area contributed by atoms with Crippen molar-refractivity contribution in [1.82, 2.24) is 9.21 Å². The van der Waals surface area contributed by atoms with Gasteiger partial charge in [0.05, 0.1) is 4.90 Å². The zero-order chi connectivity index (χ0) is 21.3. The number of sulfonamides is 1. The summed E-state index contributed by atoms with van der Waals surface area (Å²) >= 11 is 0. The molecule has 2 aromatic rings. The summed E-state index contributed by atoms with van der Waals surface area (Å²) in [6.45, 7) is 8.13. The average molecular weight is 428 g/mol. The van der Waals surface area contributed by atoms with Gasteiger partial charge >= 0.3 is 0 Å². The van der Waals surface area contributed by atoms with Gasteiger partial charge in [-0.05, 0) is 62.1 Å². The Labute approximate surface area is 179 Å². The fourth-order valence-corrected chi connectivity index (χ4v) is 5.84. The first kappa shape index (κ1) is 20.9. The van der Waals surface area contributed by atoms with Crippen LogP contribution < -0.4 is 4.90 Å². The van der Waals surface area contributed by atoms with Crippen LogP contribution in [-0.2, 0) is 10.0 Å². The summed E-state index contributed by atoms with van der Waals surface area (Å²) in [5.74, 6) is -0.103. The number of hydrogen-bond acceptors (Lipinski definition) is 4. The van der Waals surface area contributed by atoms with Crippen molar-refractivity contribution in [1.29, 1.82) is 0 Å². The molecular formula is C23H29N3O3S.